The summed E-state index contributed by atoms with van der Waals surface area (Å²) in [5, 5.41) is 9.00. The Morgan fingerprint density at radius 3 is 2.20 bits per heavy atom. The average Bonchev–Trinajstić information content (AvgIpc) is 2.16. The monoisotopic (exact) mass is 213 g/mol. The van der Waals surface area contributed by atoms with Gasteiger partial charge in [0, 0.05) is 17.7 Å². The highest BCUT2D eigenvalue weighted by Crippen LogP contribution is 2.21. The summed E-state index contributed by atoms with van der Waals surface area (Å²) in [5.41, 5.74) is 0.374. The Bertz CT molecular complexity index is 364. The van der Waals surface area contributed by atoms with Gasteiger partial charge in [-0.2, -0.15) is 0 Å². The molecule has 1 aromatic rings. The third-order valence-electron chi connectivity index (χ3n) is 2.81. The maximum Gasteiger partial charge on any atom is 0.129 e. The van der Waals surface area contributed by atoms with Gasteiger partial charge in [0.25, 0.3) is 0 Å². The summed E-state index contributed by atoms with van der Waals surface area (Å²) in [4.78, 5) is 2.02. The van der Waals surface area contributed by atoms with Crippen molar-refractivity contribution in [3.63, 3.8) is 0 Å². The van der Waals surface area contributed by atoms with Gasteiger partial charge in [0.05, 0.1) is 6.61 Å². The van der Waals surface area contributed by atoms with Crippen LogP contribution < -0.4 is 0 Å². The van der Waals surface area contributed by atoms with Crippen molar-refractivity contribution in [1.82, 2.24) is 4.90 Å². The zero-order chi connectivity index (χ0) is 10.8. The summed E-state index contributed by atoms with van der Waals surface area (Å²) in [6.45, 7) is 1.77. The van der Waals surface area contributed by atoms with Crippen LogP contribution in [0.5, 0.6) is 0 Å². The lowest BCUT2D eigenvalue weighted by Crippen LogP contribution is -2.37. The maximum atomic E-state index is 13.4. The fraction of sp³-hybridized carbons (Fsp3) is 0.455. The van der Waals surface area contributed by atoms with Crippen molar-refractivity contribution in [2.24, 2.45) is 0 Å². The van der Waals surface area contributed by atoms with E-state index in [0.29, 0.717) is 6.54 Å². The summed E-state index contributed by atoms with van der Waals surface area (Å²) in [6, 6.07) is 2.17. The van der Waals surface area contributed by atoms with E-state index in [-0.39, 0.29) is 11.1 Å². The normalized spacial score (nSPS) is 16.5. The fourth-order valence-electron chi connectivity index (χ4n) is 1.74. The van der Waals surface area contributed by atoms with Crippen LogP contribution >= 0.6 is 0 Å². The van der Waals surface area contributed by atoms with Crippen LogP contribution in [0.1, 0.15) is 17.5 Å². The third-order valence-corrected chi connectivity index (χ3v) is 2.81. The molecule has 2 nitrogen and oxygen atoms in total. The second-order valence-corrected chi connectivity index (χ2v) is 3.77. The SMILES string of the molecule is OCc1c(F)ccc(F)c1CN1CCC1. The van der Waals surface area contributed by atoms with Crippen molar-refractivity contribution in [3.8, 4) is 0 Å². The van der Waals surface area contributed by atoms with Crippen LogP contribution in [-0.2, 0) is 13.2 Å². The molecular formula is C11H13F2NO. The highest BCUT2D eigenvalue weighted by atomic mass is 19.1. The summed E-state index contributed by atoms with van der Waals surface area (Å²) < 4.78 is 26.7. The molecule has 1 aromatic carbocycles. The molecule has 0 radical (unpaired) electrons. The van der Waals surface area contributed by atoms with Crippen LogP contribution in [0.3, 0.4) is 0 Å². The van der Waals surface area contributed by atoms with E-state index in [9.17, 15) is 8.78 Å². The highest BCUT2D eigenvalue weighted by molar-refractivity contribution is 5.29. The summed E-state index contributed by atoms with van der Waals surface area (Å²) in [7, 11) is 0. The first-order valence-corrected chi connectivity index (χ1v) is 5.01. The minimum atomic E-state index is -0.533. The van der Waals surface area contributed by atoms with Crippen molar-refractivity contribution < 1.29 is 13.9 Å². The summed E-state index contributed by atoms with van der Waals surface area (Å²) in [6.07, 6.45) is 1.10. The van der Waals surface area contributed by atoms with Crippen molar-refractivity contribution >= 4 is 0 Å². The van der Waals surface area contributed by atoms with Gasteiger partial charge in [0.15, 0.2) is 0 Å². The Morgan fingerprint density at radius 2 is 1.73 bits per heavy atom. The second kappa shape index (κ2) is 4.24. The van der Waals surface area contributed by atoms with E-state index in [4.69, 9.17) is 5.11 Å². The van der Waals surface area contributed by atoms with Gasteiger partial charge in [0.1, 0.15) is 11.6 Å². The number of hydrogen-bond acceptors (Lipinski definition) is 2. The molecule has 1 fully saturated rings. The van der Waals surface area contributed by atoms with Crippen LogP contribution in [0, 0.1) is 11.6 Å². The number of benzene rings is 1. The van der Waals surface area contributed by atoms with Crippen LogP contribution in [0.25, 0.3) is 0 Å². The molecule has 0 atom stereocenters. The number of nitrogens with zero attached hydrogens (tertiary/aromatic N) is 1. The molecule has 15 heavy (non-hydrogen) atoms. The minimum Gasteiger partial charge on any atom is -0.392 e. The molecule has 1 aliphatic heterocycles. The van der Waals surface area contributed by atoms with Crippen molar-refractivity contribution in [2.75, 3.05) is 13.1 Å². The summed E-state index contributed by atoms with van der Waals surface area (Å²) in [5.74, 6) is -0.971. The van der Waals surface area contributed by atoms with E-state index in [1.54, 1.807) is 0 Å². The molecule has 82 valence electrons. The van der Waals surface area contributed by atoms with Crippen molar-refractivity contribution in [3.05, 3.63) is 34.9 Å². The quantitative estimate of drug-likeness (QED) is 0.825. The molecule has 0 unspecified atom stereocenters. The number of likely N-dealkylation sites (tertiary alicyclic amines) is 1. The van der Waals surface area contributed by atoms with E-state index < -0.39 is 18.2 Å². The molecule has 1 aliphatic rings. The molecule has 2 rings (SSSR count). The van der Waals surface area contributed by atoms with E-state index in [1.807, 2.05) is 4.90 Å². The molecule has 1 saturated heterocycles. The number of aliphatic hydroxyl groups excluding tert-OH is 1. The Labute approximate surface area is 87.1 Å². The first-order chi connectivity index (χ1) is 7.22. The zero-order valence-electron chi connectivity index (χ0n) is 8.34. The maximum absolute atomic E-state index is 13.4. The molecule has 0 aliphatic carbocycles. The van der Waals surface area contributed by atoms with E-state index in [1.165, 1.54) is 0 Å². The Morgan fingerprint density at radius 1 is 1.13 bits per heavy atom. The van der Waals surface area contributed by atoms with Crippen LogP contribution in [0.2, 0.25) is 0 Å². The van der Waals surface area contributed by atoms with Gasteiger partial charge in [-0.05, 0) is 31.6 Å². The molecule has 1 N–H and O–H groups in total. The van der Waals surface area contributed by atoms with Gasteiger partial charge in [-0.3, -0.25) is 4.90 Å². The molecule has 0 bridgehead atoms. The van der Waals surface area contributed by atoms with Gasteiger partial charge in [-0.1, -0.05) is 0 Å². The topological polar surface area (TPSA) is 23.5 Å². The van der Waals surface area contributed by atoms with Gasteiger partial charge in [-0.15, -0.1) is 0 Å². The first-order valence-electron chi connectivity index (χ1n) is 5.01. The standard InChI is InChI=1S/C11H13F2NO/c12-10-2-3-11(13)9(7-15)8(10)6-14-4-1-5-14/h2-3,15H,1,4-7H2. The molecule has 0 saturated carbocycles. The van der Waals surface area contributed by atoms with E-state index >= 15 is 0 Å². The lowest BCUT2D eigenvalue weighted by Gasteiger charge is -2.31. The number of halogens is 2. The molecule has 0 amide bonds. The highest BCUT2D eigenvalue weighted by Gasteiger charge is 2.19. The number of hydrogen-bond donors (Lipinski definition) is 1. The predicted molar refractivity (Wildman–Crippen MR) is 52.2 cm³/mol. The lowest BCUT2D eigenvalue weighted by atomic mass is 10.0. The average molecular weight is 213 g/mol. The van der Waals surface area contributed by atoms with Gasteiger partial charge in [0.2, 0.25) is 0 Å². The molecule has 0 aromatic heterocycles. The Kier molecular flexibility index (Phi) is 2.98. The van der Waals surface area contributed by atoms with Crippen LogP contribution in [0.4, 0.5) is 8.78 Å². The van der Waals surface area contributed by atoms with Crippen LogP contribution in [-0.4, -0.2) is 23.1 Å². The van der Waals surface area contributed by atoms with Gasteiger partial charge in [-0.25, -0.2) is 8.78 Å². The fourth-order valence-corrected chi connectivity index (χ4v) is 1.74. The predicted octanol–water partition coefficient (Wildman–Crippen LogP) is 1.66. The second-order valence-electron chi connectivity index (χ2n) is 3.77. The van der Waals surface area contributed by atoms with Gasteiger partial charge >= 0.3 is 0 Å². The first kappa shape index (κ1) is 10.5. The lowest BCUT2D eigenvalue weighted by molar-refractivity contribution is 0.167. The largest absolute Gasteiger partial charge is 0.392 e. The van der Waals surface area contributed by atoms with Crippen LogP contribution in [0.15, 0.2) is 12.1 Å². The smallest absolute Gasteiger partial charge is 0.129 e. The van der Waals surface area contributed by atoms with Gasteiger partial charge < -0.3 is 5.11 Å². The van der Waals surface area contributed by atoms with E-state index in [0.717, 1.165) is 31.6 Å². The third kappa shape index (κ3) is 2.01. The minimum absolute atomic E-state index is 0.0851. The molecular weight excluding hydrogens is 200 g/mol. The molecule has 4 heteroatoms. The molecule has 0 spiro atoms. The zero-order valence-corrected chi connectivity index (χ0v) is 8.34. The molecule has 1 heterocycles. The Hall–Kier alpha value is -1.00. The Balaban J connectivity index is 2.29. The van der Waals surface area contributed by atoms with Crippen molar-refractivity contribution in [2.45, 2.75) is 19.6 Å². The number of rotatable bonds is 3. The van der Waals surface area contributed by atoms with E-state index in [2.05, 4.69) is 0 Å². The number of aliphatic hydroxyl groups is 1. The summed E-state index contributed by atoms with van der Waals surface area (Å²) >= 11 is 0. The van der Waals surface area contributed by atoms with Crippen molar-refractivity contribution in [1.29, 1.82) is 0 Å².